The summed E-state index contributed by atoms with van der Waals surface area (Å²) in [6.07, 6.45) is 1.56. The number of aliphatic carboxylic acids is 1. The molecular formula is C10H16N4O3. The van der Waals surface area contributed by atoms with Crippen LogP contribution in [0.4, 0.5) is 5.69 Å². The van der Waals surface area contributed by atoms with E-state index in [9.17, 15) is 9.59 Å². The molecule has 0 aromatic carbocycles. The highest BCUT2D eigenvalue weighted by Gasteiger charge is 2.19. The van der Waals surface area contributed by atoms with Crippen molar-refractivity contribution in [1.29, 1.82) is 0 Å². The fraction of sp³-hybridized carbons (Fsp3) is 0.500. The summed E-state index contributed by atoms with van der Waals surface area (Å²) in [6.45, 7) is 1.55. The Morgan fingerprint density at radius 2 is 2.18 bits per heavy atom. The first-order valence-electron chi connectivity index (χ1n) is 5.28. The summed E-state index contributed by atoms with van der Waals surface area (Å²) < 4.78 is 1.37. The normalized spacial score (nSPS) is 10.2. The van der Waals surface area contributed by atoms with Crippen LogP contribution in [0.3, 0.4) is 0 Å². The minimum atomic E-state index is -1.10. The van der Waals surface area contributed by atoms with E-state index in [4.69, 9.17) is 10.8 Å². The molecule has 1 aromatic rings. The van der Waals surface area contributed by atoms with Crippen LogP contribution >= 0.6 is 0 Å². The van der Waals surface area contributed by atoms with Crippen LogP contribution in [-0.4, -0.2) is 33.3 Å². The molecule has 7 heteroatoms. The van der Waals surface area contributed by atoms with Crippen LogP contribution in [-0.2, 0) is 18.3 Å². The van der Waals surface area contributed by atoms with Crippen molar-refractivity contribution in [2.75, 3.05) is 12.3 Å². The maximum Gasteiger partial charge on any atom is 0.322 e. The molecular weight excluding hydrogens is 224 g/mol. The third-order valence-corrected chi connectivity index (χ3v) is 2.26. The van der Waals surface area contributed by atoms with Gasteiger partial charge in [0.15, 0.2) is 0 Å². The highest BCUT2D eigenvalue weighted by atomic mass is 16.4. The molecule has 17 heavy (non-hydrogen) atoms. The fourth-order valence-corrected chi connectivity index (χ4v) is 1.53. The molecule has 0 unspecified atom stereocenters. The molecule has 0 atom stereocenters. The van der Waals surface area contributed by atoms with E-state index < -0.39 is 18.4 Å². The van der Waals surface area contributed by atoms with Crippen molar-refractivity contribution in [3.63, 3.8) is 0 Å². The van der Waals surface area contributed by atoms with Crippen molar-refractivity contribution < 1.29 is 14.7 Å². The molecule has 0 saturated heterocycles. The second-order valence-electron chi connectivity index (χ2n) is 3.66. The first-order chi connectivity index (χ1) is 7.97. The monoisotopic (exact) mass is 240 g/mol. The number of carboxylic acids is 1. The number of nitrogen functional groups attached to an aromatic ring is 1. The second-order valence-corrected chi connectivity index (χ2v) is 3.66. The van der Waals surface area contributed by atoms with Gasteiger partial charge >= 0.3 is 5.97 Å². The van der Waals surface area contributed by atoms with Crippen LogP contribution in [0.2, 0.25) is 0 Å². The summed E-state index contributed by atoms with van der Waals surface area (Å²) in [4.78, 5) is 22.0. The summed E-state index contributed by atoms with van der Waals surface area (Å²) in [5.41, 5.74) is 6.99. The number of aryl methyl sites for hydroxylation is 2. The van der Waals surface area contributed by atoms with Gasteiger partial charge in [0.1, 0.15) is 12.2 Å². The van der Waals surface area contributed by atoms with Gasteiger partial charge in [0.05, 0.1) is 11.4 Å². The number of hydrogen-bond acceptors (Lipinski definition) is 4. The maximum atomic E-state index is 11.7. The van der Waals surface area contributed by atoms with Crippen LogP contribution in [0.25, 0.3) is 0 Å². The van der Waals surface area contributed by atoms with Crippen LogP contribution in [0, 0.1) is 0 Å². The smallest absolute Gasteiger partial charge is 0.322 e. The molecule has 7 nitrogen and oxygen atoms in total. The number of carboxylic acid groups (broad SMARTS) is 1. The van der Waals surface area contributed by atoms with Crippen LogP contribution < -0.4 is 11.1 Å². The number of amides is 1. The minimum Gasteiger partial charge on any atom is -0.480 e. The molecule has 1 amide bonds. The van der Waals surface area contributed by atoms with Gasteiger partial charge in [-0.1, -0.05) is 13.3 Å². The quantitative estimate of drug-likeness (QED) is 0.658. The Labute approximate surface area is 98.6 Å². The topological polar surface area (TPSA) is 110 Å². The zero-order chi connectivity index (χ0) is 13.0. The van der Waals surface area contributed by atoms with E-state index in [2.05, 4.69) is 10.4 Å². The number of anilines is 1. The second kappa shape index (κ2) is 5.33. The summed E-state index contributed by atoms with van der Waals surface area (Å²) in [5, 5.41) is 14.9. The van der Waals surface area contributed by atoms with E-state index in [0.717, 1.165) is 6.42 Å². The highest BCUT2D eigenvalue weighted by Crippen LogP contribution is 2.17. The molecule has 1 aromatic heterocycles. The number of nitrogens with two attached hydrogens (primary N) is 1. The number of nitrogens with zero attached hydrogens (tertiary/aromatic N) is 2. The lowest BCUT2D eigenvalue weighted by Crippen LogP contribution is -2.31. The number of rotatable bonds is 5. The SMILES string of the molecule is CCCc1nn(C)c(C(=O)NCC(=O)O)c1N. The standard InChI is InChI=1S/C10H16N4O3/c1-3-4-6-8(11)9(14(2)13-6)10(17)12-5-7(15)16/h3-5,11H2,1-2H3,(H,12,17)(H,15,16). The third kappa shape index (κ3) is 2.96. The van der Waals surface area contributed by atoms with Gasteiger partial charge in [0.25, 0.3) is 5.91 Å². The lowest BCUT2D eigenvalue weighted by atomic mass is 10.2. The molecule has 0 aliphatic rings. The van der Waals surface area contributed by atoms with Gasteiger partial charge in [0.2, 0.25) is 0 Å². The molecule has 0 aliphatic heterocycles. The summed E-state index contributed by atoms with van der Waals surface area (Å²) in [7, 11) is 1.60. The van der Waals surface area contributed by atoms with Gasteiger partial charge in [-0.3, -0.25) is 14.3 Å². The van der Waals surface area contributed by atoms with Crippen molar-refractivity contribution in [2.45, 2.75) is 19.8 Å². The van der Waals surface area contributed by atoms with Crippen molar-refractivity contribution in [3.8, 4) is 0 Å². The van der Waals surface area contributed by atoms with E-state index >= 15 is 0 Å². The number of hydrogen-bond donors (Lipinski definition) is 3. The van der Waals surface area contributed by atoms with Crippen LogP contribution in [0.1, 0.15) is 29.5 Å². The molecule has 0 radical (unpaired) electrons. The molecule has 1 heterocycles. The lowest BCUT2D eigenvalue weighted by Gasteiger charge is -2.03. The predicted molar refractivity (Wildman–Crippen MR) is 61.6 cm³/mol. The summed E-state index contributed by atoms with van der Waals surface area (Å²) in [6, 6.07) is 0. The molecule has 0 bridgehead atoms. The molecule has 0 spiro atoms. The minimum absolute atomic E-state index is 0.203. The highest BCUT2D eigenvalue weighted by molar-refractivity contribution is 5.99. The predicted octanol–water partition coefficient (Wildman–Crippen LogP) is -0.231. The Balaban J connectivity index is 2.89. The van der Waals surface area contributed by atoms with Gasteiger partial charge in [-0.05, 0) is 6.42 Å². The molecule has 1 rings (SSSR count). The number of carbonyl (C=O) groups is 2. The summed E-state index contributed by atoms with van der Waals surface area (Å²) >= 11 is 0. The van der Waals surface area contributed by atoms with Crippen molar-refractivity contribution in [2.24, 2.45) is 7.05 Å². The molecule has 4 N–H and O–H groups in total. The first kappa shape index (κ1) is 13.0. The Morgan fingerprint density at radius 1 is 1.53 bits per heavy atom. The van der Waals surface area contributed by atoms with Gasteiger partial charge in [0, 0.05) is 7.05 Å². The van der Waals surface area contributed by atoms with E-state index in [1.807, 2.05) is 6.92 Å². The van der Waals surface area contributed by atoms with Crippen molar-refractivity contribution in [3.05, 3.63) is 11.4 Å². The van der Waals surface area contributed by atoms with Crippen molar-refractivity contribution >= 4 is 17.6 Å². The van der Waals surface area contributed by atoms with Gasteiger partial charge in [-0.2, -0.15) is 5.10 Å². The molecule has 0 aliphatic carbocycles. The number of carbonyl (C=O) groups excluding carboxylic acids is 1. The Kier molecular flexibility index (Phi) is 4.08. The van der Waals surface area contributed by atoms with Crippen molar-refractivity contribution in [1.82, 2.24) is 15.1 Å². The fourth-order valence-electron chi connectivity index (χ4n) is 1.53. The molecule has 94 valence electrons. The Morgan fingerprint density at radius 3 is 2.71 bits per heavy atom. The summed E-state index contributed by atoms with van der Waals surface area (Å²) in [5.74, 6) is -1.63. The van der Waals surface area contributed by atoms with Crippen LogP contribution in [0.5, 0.6) is 0 Å². The largest absolute Gasteiger partial charge is 0.480 e. The number of aromatic nitrogens is 2. The number of nitrogens with one attached hydrogen (secondary N) is 1. The third-order valence-electron chi connectivity index (χ3n) is 2.26. The van der Waals surface area contributed by atoms with E-state index in [1.54, 1.807) is 7.05 Å². The lowest BCUT2D eigenvalue weighted by molar-refractivity contribution is -0.135. The average Bonchev–Trinajstić information content (AvgIpc) is 2.52. The Bertz CT molecular complexity index is 439. The first-order valence-corrected chi connectivity index (χ1v) is 5.28. The van der Waals surface area contributed by atoms with E-state index in [0.29, 0.717) is 17.8 Å². The average molecular weight is 240 g/mol. The zero-order valence-electron chi connectivity index (χ0n) is 9.86. The Hall–Kier alpha value is -2.05. The van der Waals surface area contributed by atoms with Gasteiger partial charge < -0.3 is 16.2 Å². The van der Waals surface area contributed by atoms with E-state index in [1.165, 1.54) is 4.68 Å². The molecule has 0 fully saturated rings. The zero-order valence-corrected chi connectivity index (χ0v) is 9.86. The maximum absolute atomic E-state index is 11.7. The van der Waals surface area contributed by atoms with Crippen LogP contribution in [0.15, 0.2) is 0 Å². The van der Waals surface area contributed by atoms with Gasteiger partial charge in [-0.15, -0.1) is 0 Å². The van der Waals surface area contributed by atoms with Gasteiger partial charge in [-0.25, -0.2) is 0 Å². The van der Waals surface area contributed by atoms with E-state index in [-0.39, 0.29) is 5.69 Å². The molecule has 0 saturated carbocycles.